The Kier molecular flexibility index (Phi) is 6.75. The number of halogens is 1. The molecule has 8 heteroatoms. The van der Waals surface area contributed by atoms with Crippen molar-refractivity contribution in [1.82, 2.24) is 15.3 Å². The first-order chi connectivity index (χ1) is 17.4. The standard InChI is InChI=1S/C28H26BrN5O2/c1-17(2)23-12-22(30-3)13-24-26(23)36-28(33-24)20-6-4-19(5-7-20)27(35)32-14-18-10-11-34(16-18)25-9-8-21(29)15-31-25/h4-9,12-13,15,17-18H,10-11,14,16H2,1-2H3,(H,32,35)/t18-/m1/s1. The molecule has 0 saturated carbocycles. The van der Waals surface area contributed by atoms with E-state index in [-0.39, 0.29) is 11.8 Å². The zero-order valence-electron chi connectivity index (χ0n) is 20.2. The fourth-order valence-corrected chi connectivity index (χ4v) is 4.76. The van der Waals surface area contributed by atoms with E-state index < -0.39 is 0 Å². The maximum absolute atomic E-state index is 12.8. The smallest absolute Gasteiger partial charge is 0.251 e. The van der Waals surface area contributed by atoms with Crippen LogP contribution in [0.2, 0.25) is 0 Å². The van der Waals surface area contributed by atoms with Crippen LogP contribution in [0.25, 0.3) is 27.4 Å². The first-order valence-electron chi connectivity index (χ1n) is 12.0. The average Bonchev–Trinajstić information content (AvgIpc) is 3.54. The topological polar surface area (TPSA) is 75.6 Å². The van der Waals surface area contributed by atoms with Crippen molar-refractivity contribution in [2.75, 3.05) is 24.5 Å². The van der Waals surface area contributed by atoms with Gasteiger partial charge in [-0.05, 0) is 88.3 Å². The van der Waals surface area contributed by atoms with E-state index in [4.69, 9.17) is 11.0 Å². The van der Waals surface area contributed by atoms with E-state index in [9.17, 15) is 4.79 Å². The van der Waals surface area contributed by atoms with Gasteiger partial charge in [-0.15, -0.1) is 0 Å². The van der Waals surface area contributed by atoms with Crippen LogP contribution in [0.15, 0.2) is 63.6 Å². The average molecular weight is 544 g/mol. The maximum Gasteiger partial charge on any atom is 0.251 e. The minimum atomic E-state index is -0.0943. The van der Waals surface area contributed by atoms with E-state index in [0.717, 1.165) is 40.9 Å². The molecule has 1 fully saturated rings. The molecule has 1 amide bonds. The van der Waals surface area contributed by atoms with Crippen LogP contribution >= 0.6 is 15.9 Å². The number of pyridine rings is 1. The van der Waals surface area contributed by atoms with E-state index in [1.165, 1.54) is 0 Å². The number of rotatable bonds is 6. The third kappa shape index (κ3) is 4.98. The second-order valence-corrected chi connectivity index (χ2v) is 10.3. The Morgan fingerprint density at radius 1 is 1.25 bits per heavy atom. The molecule has 4 aromatic rings. The van der Waals surface area contributed by atoms with Gasteiger partial charge in [0.2, 0.25) is 5.89 Å². The van der Waals surface area contributed by atoms with Gasteiger partial charge in [0.25, 0.3) is 5.91 Å². The molecule has 0 aliphatic carbocycles. The minimum absolute atomic E-state index is 0.0943. The van der Waals surface area contributed by atoms with Crippen molar-refractivity contribution in [3.8, 4) is 11.5 Å². The number of anilines is 1. The third-order valence-corrected chi connectivity index (χ3v) is 6.99. The number of aromatic nitrogens is 2. The molecule has 0 bridgehead atoms. The van der Waals surface area contributed by atoms with Gasteiger partial charge in [0.05, 0.1) is 12.1 Å². The molecule has 0 radical (unpaired) electrons. The van der Waals surface area contributed by atoms with Crippen molar-refractivity contribution in [2.45, 2.75) is 26.2 Å². The monoisotopic (exact) mass is 543 g/mol. The SMILES string of the molecule is [C-]#[N+]c1cc(C(C)C)c2oc(-c3ccc(C(=O)NC[C@H]4CCN(c5ccc(Br)cn5)C4)cc3)nc2c1. The lowest BCUT2D eigenvalue weighted by molar-refractivity contribution is 0.0948. The first kappa shape index (κ1) is 24.0. The van der Waals surface area contributed by atoms with Crippen LogP contribution in [-0.4, -0.2) is 35.5 Å². The predicted molar refractivity (Wildman–Crippen MR) is 144 cm³/mol. The van der Waals surface area contributed by atoms with Gasteiger partial charge in [-0.2, -0.15) is 0 Å². The highest BCUT2D eigenvalue weighted by Gasteiger charge is 2.24. The summed E-state index contributed by atoms with van der Waals surface area (Å²) >= 11 is 3.42. The van der Waals surface area contributed by atoms with Gasteiger partial charge >= 0.3 is 0 Å². The lowest BCUT2D eigenvalue weighted by atomic mass is 10.0. The highest BCUT2D eigenvalue weighted by atomic mass is 79.9. The van der Waals surface area contributed by atoms with E-state index in [1.807, 2.05) is 36.5 Å². The molecule has 1 aliphatic heterocycles. The Hall–Kier alpha value is -3.70. The van der Waals surface area contributed by atoms with Gasteiger partial charge in [-0.3, -0.25) is 4.79 Å². The van der Waals surface area contributed by atoms with E-state index in [0.29, 0.717) is 40.7 Å². The van der Waals surface area contributed by atoms with Crippen LogP contribution in [0.4, 0.5) is 11.5 Å². The van der Waals surface area contributed by atoms with Crippen LogP contribution in [0.1, 0.15) is 42.1 Å². The summed E-state index contributed by atoms with van der Waals surface area (Å²) in [4.78, 5) is 27.7. The number of carbonyl (C=O) groups excluding carboxylic acids is 1. The normalized spacial score (nSPS) is 15.4. The summed E-state index contributed by atoms with van der Waals surface area (Å²) in [5, 5.41) is 3.07. The summed E-state index contributed by atoms with van der Waals surface area (Å²) in [5.74, 6) is 1.94. The quantitative estimate of drug-likeness (QED) is 0.278. The Morgan fingerprint density at radius 2 is 2.06 bits per heavy atom. The van der Waals surface area contributed by atoms with Crippen LogP contribution in [0.5, 0.6) is 0 Å². The maximum atomic E-state index is 12.8. The Labute approximate surface area is 218 Å². The molecule has 5 rings (SSSR count). The molecular formula is C28H26BrN5O2. The number of nitrogens with one attached hydrogen (secondary N) is 1. The highest BCUT2D eigenvalue weighted by Crippen LogP contribution is 2.34. The summed E-state index contributed by atoms with van der Waals surface area (Å²) in [6.07, 6.45) is 2.82. The molecule has 1 atom stereocenters. The van der Waals surface area contributed by atoms with Gasteiger partial charge in [-0.1, -0.05) is 13.8 Å². The molecule has 182 valence electrons. The van der Waals surface area contributed by atoms with Crippen molar-refractivity contribution in [3.05, 3.63) is 81.7 Å². The van der Waals surface area contributed by atoms with Crippen LogP contribution < -0.4 is 10.2 Å². The van der Waals surface area contributed by atoms with Crippen molar-refractivity contribution in [3.63, 3.8) is 0 Å². The fraction of sp³-hybridized carbons (Fsp3) is 0.286. The van der Waals surface area contributed by atoms with Crippen LogP contribution in [-0.2, 0) is 0 Å². The Balaban J connectivity index is 1.23. The molecule has 1 aliphatic rings. The van der Waals surface area contributed by atoms with Crippen molar-refractivity contribution < 1.29 is 9.21 Å². The van der Waals surface area contributed by atoms with Gasteiger partial charge < -0.3 is 14.6 Å². The van der Waals surface area contributed by atoms with Gasteiger partial charge in [0.1, 0.15) is 5.82 Å². The van der Waals surface area contributed by atoms with Crippen molar-refractivity contribution in [1.29, 1.82) is 0 Å². The molecule has 0 unspecified atom stereocenters. The number of benzene rings is 2. The summed E-state index contributed by atoms with van der Waals surface area (Å²) < 4.78 is 7.05. The number of oxazole rings is 1. The number of amides is 1. The zero-order valence-corrected chi connectivity index (χ0v) is 21.7. The number of fused-ring (bicyclic) bond motifs is 1. The highest BCUT2D eigenvalue weighted by molar-refractivity contribution is 9.10. The number of hydrogen-bond donors (Lipinski definition) is 1. The molecule has 2 aromatic heterocycles. The van der Waals surface area contributed by atoms with Gasteiger partial charge in [0, 0.05) is 41.4 Å². The molecule has 3 heterocycles. The minimum Gasteiger partial charge on any atom is -0.436 e. The van der Waals surface area contributed by atoms with Crippen molar-refractivity contribution >= 4 is 44.4 Å². The molecular weight excluding hydrogens is 518 g/mol. The largest absolute Gasteiger partial charge is 0.436 e. The fourth-order valence-electron chi connectivity index (χ4n) is 4.53. The number of nitrogens with zero attached hydrogens (tertiary/aromatic N) is 4. The first-order valence-corrected chi connectivity index (χ1v) is 12.8. The lowest BCUT2D eigenvalue weighted by Crippen LogP contribution is -2.31. The summed E-state index contributed by atoms with van der Waals surface area (Å²) in [6.45, 7) is 13.9. The Bertz CT molecular complexity index is 1440. The molecule has 36 heavy (non-hydrogen) atoms. The predicted octanol–water partition coefficient (Wildman–Crippen LogP) is 6.58. The van der Waals surface area contributed by atoms with E-state index in [1.54, 1.807) is 18.2 Å². The zero-order chi connectivity index (χ0) is 25.2. The molecule has 2 aromatic carbocycles. The molecule has 0 spiro atoms. The third-order valence-electron chi connectivity index (χ3n) is 6.52. The second kappa shape index (κ2) is 10.1. The molecule has 7 nitrogen and oxygen atoms in total. The number of hydrogen-bond acceptors (Lipinski definition) is 5. The van der Waals surface area contributed by atoms with Crippen molar-refractivity contribution in [2.24, 2.45) is 5.92 Å². The van der Waals surface area contributed by atoms with Crippen LogP contribution in [0, 0.1) is 12.5 Å². The van der Waals surface area contributed by atoms with Gasteiger partial charge in [0.15, 0.2) is 11.3 Å². The summed E-state index contributed by atoms with van der Waals surface area (Å²) in [6, 6.07) is 14.9. The Morgan fingerprint density at radius 3 is 2.75 bits per heavy atom. The van der Waals surface area contributed by atoms with E-state index in [2.05, 4.69) is 54.8 Å². The van der Waals surface area contributed by atoms with Crippen LogP contribution in [0.3, 0.4) is 0 Å². The summed E-state index contributed by atoms with van der Waals surface area (Å²) in [7, 11) is 0. The number of carbonyl (C=O) groups is 1. The molecule has 1 saturated heterocycles. The molecule has 1 N–H and O–H groups in total. The second-order valence-electron chi connectivity index (χ2n) is 9.39. The lowest BCUT2D eigenvalue weighted by Gasteiger charge is -2.17. The van der Waals surface area contributed by atoms with Gasteiger partial charge in [-0.25, -0.2) is 14.8 Å². The van der Waals surface area contributed by atoms with E-state index >= 15 is 0 Å². The summed E-state index contributed by atoms with van der Waals surface area (Å²) in [5.41, 5.74) is 4.28.